The molecule has 0 fully saturated rings. The third-order valence-corrected chi connectivity index (χ3v) is 4.46. The number of carbonyl (C=O) groups is 1. The Morgan fingerprint density at radius 2 is 1.38 bits per heavy atom. The van der Waals surface area contributed by atoms with E-state index in [9.17, 15) is 4.79 Å². The van der Waals surface area contributed by atoms with E-state index in [0.717, 1.165) is 0 Å². The lowest BCUT2D eigenvalue weighted by Crippen LogP contribution is -2.20. The molecule has 0 aliphatic heterocycles. The van der Waals surface area contributed by atoms with Gasteiger partial charge in [0.15, 0.2) is 0 Å². The first-order valence-electron chi connectivity index (χ1n) is 6.80. The maximum atomic E-state index is 12.4. The lowest BCUT2D eigenvalue weighted by atomic mass is 10.1. The van der Waals surface area contributed by atoms with Crippen LogP contribution in [0.15, 0.2) is 24.3 Å². The molecule has 0 aliphatic rings. The van der Waals surface area contributed by atoms with Crippen LogP contribution in [0.5, 0.6) is 0 Å². The molecule has 2 aromatic carbocycles. The fourth-order valence-electron chi connectivity index (χ4n) is 2.07. The predicted molar refractivity (Wildman–Crippen MR) is 104 cm³/mol. The lowest BCUT2D eigenvalue weighted by Gasteiger charge is -2.14. The molecule has 0 radical (unpaired) electrons. The van der Waals surface area contributed by atoms with Crippen molar-refractivity contribution in [3.05, 3.63) is 49.4 Å². The zero-order chi connectivity index (χ0) is 18.8. The summed E-state index contributed by atoms with van der Waals surface area (Å²) >= 11 is 30.2. The summed E-state index contributed by atoms with van der Waals surface area (Å²) in [7, 11) is 0. The highest BCUT2D eigenvalue weighted by Gasteiger charge is 2.18. The number of urea groups is 1. The molecule has 0 saturated heterocycles. The summed E-state index contributed by atoms with van der Waals surface area (Å²) < 4.78 is 0. The number of benzene rings is 2. The minimum Gasteiger partial charge on any atom is -0.306 e. The Hall–Kier alpha value is -1.77. The monoisotopic (exact) mass is 450 g/mol. The fourth-order valence-corrected chi connectivity index (χ4v) is 3.52. The van der Waals surface area contributed by atoms with E-state index in [1.807, 2.05) is 0 Å². The van der Waals surface area contributed by atoms with Crippen LogP contribution in [0, 0.1) is 0 Å². The number of amides is 2. The topological polar surface area (TPSA) is 95.6 Å². The number of aromatic nitrogens is 4. The van der Waals surface area contributed by atoms with Gasteiger partial charge in [0.2, 0.25) is 5.82 Å². The van der Waals surface area contributed by atoms with Gasteiger partial charge in [0.1, 0.15) is 0 Å². The number of nitrogens with zero attached hydrogens (tertiary/aromatic N) is 3. The van der Waals surface area contributed by atoms with Crippen molar-refractivity contribution in [2.45, 2.75) is 0 Å². The SMILES string of the molecule is O=C(Nc1c(Cl)cc(Cl)cc1Cl)Nc1c(Cl)cc(Cl)cc1-c1nn[nH]n1. The van der Waals surface area contributed by atoms with Gasteiger partial charge in [-0.3, -0.25) is 0 Å². The standard InChI is InChI=1S/C14H7Cl5N6O/c15-5-1-7(13-22-24-25-23-13)11(8(17)2-5)20-14(26)21-12-9(18)3-6(16)4-10(12)19/h1-4H,(H2,20,21,26)(H,22,23,24,25). The van der Waals surface area contributed by atoms with Gasteiger partial charge in [-0.15, -0.1) is 10.2 Å². The third-order valence-electron chi connectivity index (χ3n) is 3.13. The molecule has 0 saturated carbocycles. The van der Waals surface area contributed by atoms with Crippen molar-refractivity contribution in [3.8, 4) is 11.4 Å². The Labute approximate surface area is 171 Å². The summed E-state index contributed by atoms with van der Waals surface area (Å²) in [6.45, 7) is 0. The second kappa shape index (κ2) is 7.85. The van der Waals surface area contributed by atoms with Crippen molar-refractivity contribution < 1.29 is 4.79 Å². The van der Waals surface area contributed by atoms with Gasteiger partial charge in [-0.2, -0.15) is 5.21 Å². The maximum Gasteiger partial charge on any atom is 0.323 e. The van der Waals surface area contributed by atoms with Crippen molar-refractivity contribution in [1.29, 1.82) is 0 Å². The first-order chi connectivity index (χ1) is 12.3. The minimum absolute atomic E-state index is 0.179. The van der Waals surface area contributed by atoms with E-state index in [4.69, 9.17) is 58.0 Å². The first-order valence-corrected chi connectivity index (χ1v) is 8.69. The highest BCUT2D eigenvalue weighted by atomic mass is 35.5. The number of nitrogens with one attached hydrogen (secondary N) is 3. The number of rotatable bonds is 3. The molecule has 3 rings (SSSR count). The van der Waals surface area contributed by atoms with Crippen LogP contribution < -0.4 is 10.6 Å². The van der Waals surface area contributed by atoms with Gasteiger partial charge < -0.3 is 10.6 Å². The van der Waals surface area contributed by atoms with E-state index in [2.05, 4.69) is 31.3 Å². The zero-order valence-electron chi connectivity index (χ0n) is 12.4. The number of hydrogen-bond donors (Lipinski definition) is 3. The van der Waals surface area contributed by atoms with Crippen LogP contribution in [0.2, 0.25) is 25.1 Å². The number of H-pyrrole nitrogens is 1. The molecular weight excluding hydrogens is 445 g/mol. The number of anilines is 2. The predicted octanol–water partition coefficient (Wildman–Crippen LogP) is 5.78. The Kier molecular flexibility index (Phi) is 5.74. The minimum atomic E-state index is -0.648. The van der Waals surface area contributed by atoms with Crippen LogP contribution in [-0.2, 0) is 0 Å². The summed E-state index contributed by atoms with van der Waals surface area (Å²) in [5.74, 6) is 0.201. The average molecular weight is 453 g/mol. The number of carbonyl (C=O) groups excluding carboxylic acids is 1. The molecule has 12 heteroatoms. The molecule has 134 valence electrons. The van der Waals surface area contributed by atoms with Crippen LogP contribution in [0.25, 0.3) is 11.4 Å². The van der Waals surface area contributed by atoms with Crippen molar-refractivity contribution in [2.24, 2.45) is 0 Å². The van der Waals surface area contributed by atoms with Crippen molar-refractivity contribution >= 4 is 75.4 Å². The van der Waals surface area contributed by atoms with Crippen molar-refractivity contribution in [3.63, 3.8) is 0 Å². The fraction of sp³-hybridized carbons (Fsp3) is 0. The molecule has 1 heterocycles. The first kappa shape index (κ1) is 19.0. The van der Waals surface area contributed by atoms with Crippen LogP contribution in [0.4, 0.5) is 16.2 Å². The summed E-state index contributed by atoms with van der Waals surface area (Å²) in [5, 5.41) is 19.9. The highest BCUT2D eigenvalue weighted by molar-refractivity contribution is 6.42. The summed E-state index contributed by atoms with van der Waals surface area (Å²) in [6, 6.07) is 5.25. The molecule has 0 spiro atoms. The Morgan fingerprint density at radius 3 is 1.96 bits per heavy atom. The van der Waals surface area contributed by atoms with E-state index in [1.54, 1.807) is 0 Å². The van der Waals surface area contributed by atoms with Gasteiger partial charge in [-0.25, -0.2) is 4.79 Å². The highest BCUT2D eigenvalue weighted by Crippen LogP contribution is 2.37. The van der Waals surface area contributed by atoms with E-state index >= 15 is 0 Å². The van der Waals surface area contributed by atoms with Crippen LogP contribution >= 0.6 is 58.0 Å². The smallest absolute Gasteiger partial charge is 0.306 e. The number of tetrazole rings is 1. The lowest BCUT2D eigenvalue weighted by molar-refractivity contribution is 0.262. The van der Waals surface area contributed by atoms with Crippen molar-refractivity contribution in [2.75, 3.05) is 10.6 Å². The number of aromatic amines is 1. The molecule has 0 atom stereocenters. The molecule has 3 N–H and O–H groups in total. The van der Waals surface area contributed by atoms with E-state index in [0.29, 0.717) is 15.6 Å². The molecule has 0 bridgehead atoms. The molecule has 0 unspecified atom stereocenters. The van der Waals surface area contributed by atoms with E-state index < -0.39 is 6.03 Å². The van der Waals surface area contributed by atoms with Crippen LogP contribution in [0.1, 0.15) is 0 Å². The molecule has 26 heavy (non-hydrogen) atoms. The van der Waals surface area contributed by atoms with Crippen LogP contribution in [0.3, 0.4) is 0 Å². The molecular formula is C14H7Cl5N6O. The Bertz CT molecular complexity index is 955. The summed E-state index contributed by atoms with van der Waals surface area (Å²) in [5.41, 5.74) is 0.803. The Balaban J connectivity index is 1.91. The summed E-state index contributed by atoms with van der Waals surface area (Å²) in [6.07, 6.45) is 0. The van der Waals surface area contributed by atoms with Gasteiger partial charge in [0.25, 0.3) is 0 Å². The van der Waals surface area contributed by atoms with Gasteiger partial charge in [0.05, 0.1) is 26.4 Å². The maximum absolute atomic E-state index is 12.4. The molecule has 7 nitrogen and oxygen atoms in total. The normalized spacial score (nSPS) is 10.7. The molecule has 0 aliphatic carbocycles. The van der Waals surface area contributed by atoms with Crippen LogP contribution in [-0.4, -0.2) is 26.7 Å². The zero-order valence-corrected chi connectivity index (χ0v) is 16.2. The van der Waals surface area contributed by atoms with E-state index in [1.165, 1.54) is 24.3 Å². The average Bonchev–Trinajstić information content (AvgIpc) is 3.07. The molecule has 2 amide bonds. The molecule has 3 aromatic rings. The van der Waals surface area contributed by atoms with Gasteiger partial charge in [-0.1, -0.05) is 58.0 Å². The second-order valence-electron chi connectivity index (χ2n) is 4.87. The van der Waals surface area contributed by atoms with Gasteiger partial charge in [0, 0.05) is 15.6 Å². The molecule has 1 aromatic heterocycles. The summed E-state index contributed by atoms with van der Waals surface area (Å²) in [4.78, 5) is 12.4. The second-order valence-corrected chi connectivity index (χ2v) is 6.96. The number of halogens is 5. The third kappa shape index (κ3) is 4.13. The van der Waals surface area contributed by atoms with Gasteiger partial charge >= 0.3 is 6.03 Å². The van der Waals surface area contributed by atoms with E-state index in [-0.39, 0.29) is 32.3 Å². The number of hydrogen-bond acceptors (Lipinski definition) is 4. The van der Waals surface area contributed by atoms with Gasteiger partial charge in [-0.05, 0) is 29.5 Å². The largest absolute Gasteiger partial charge is 0.323 e. The quantitative estimate of drug-likeness (QED) is 0.470. The van der Waals surface area contributed by atoms with Crippen molar-refractivity contribution in [1.82, 2.24) is 20.6 Å². The Morgan fingerprint density at radius 1 is 0.846 bits per heavy atom.